The van der Waals surface area contributed by atoms with Gasteiger partial charge >= 0.3 is 0 Å². The number of imidazole rings is 1. The van der Waals surface area contributed by atoms with E-state index in [2.05, 4.69) is 31.0 Å². The second kappa shape index (κ2) is 5.20. The zero-order valence-corrected chi connectivity index (χ0v) is 13.1. The number of nitrogens with one attached hydrogen (secondary N) is 1. The average molecular weight is 368 g/mol. The molecule has 1 aromatic heterocycles. The molecule has 1 amide bonds. The van der Waals surface area contributed by atoms with Gasteiger partial charge in [-0.05, 0) is 25.1 Å². The third-order valence-electron chi connectivity index (χ3n) is 3.58. The molecular weight excluding hydrogens is 357 g/mol. The van der Waals surface area contributed by atoms with Crippen molar-refractivity contribution in [2.45, 2.75) is 19.0 Å². The number of nitrogens with zero attached hydrogens (tertiary/aromatic N) is 2. The lowest BCUT2D eigenvalue weighted by atomic mass is 9.89. The van der Waals surface area contributed by atoms with Crippen LogP contribution in [0.2, 0.25) is 0 Å². The fourth-order valence-electron chi connectivity index (χ4n) is 2.61. The van der Waals surface area contributed by atoms with Crippen LogP contribution in [0.15, 0.2) is 29.0 Å². The molecule has 0 fully saturated rings. The maximum atomic E-state index is 14.2. The monoisotopic (exact) mass is 367 g/mol. The number of benzene rings is 1. The summed E-state index contributed by atoms with van der Waals surface area (Å²) in [7, 11) is 0. The molecule has 1 aliphatic rings. The van der Waals surface area contributed by atoms with Crippen molar-refractivity contribution in [3.63, 3.8) is 0 Å². The van der Waals surface area contributed by atoms with Gasteiger partial charge in [-0.25, -0.2) is 9.37 Å². The third kappa shape index (κ3) is 2.29. The Bertz CT molecular complexity index is 777. The Morgan fingerprint density at radius 1 is 1.55 bits per heavy atom. The highest BCUT2D eigenvalue weighted by Crippen LogP contribution is 2.33. The molecule has 3 rings (SSSR count). The Balaban J connectivity index is 2.06. The normalized spacial score (nSPS) is 20.2. The number of carbonyl (C=O) groups is 2. The van der Waals surface area contributed by atoms with Crippen LogP contribution in [0.4, 0.5) is 4.39 Å². The molecule has 0 radical (unpaired) electrons. The number of hydrogen-bond donors (Lipinski definition) is 1. The fourth-order valence-corrected chi connectivity index (χ4v) is 2.97. The van der Waals surface area contributed by atoms with Gasteiger partial charge in [0.05, 0.1) is 18.4 Å². The highest BCUT2D eigenvalue weighted by atomic mass is 79.9. The van der Waals surface area contributed by atoms with Crippen LogP contribution >= 0.6 is 15.9 Å². The molecule has 0 saturated heterocycles. The van der Waals surface area contributed by atoms with Crippen LogP contribution in [0.1, 0.15) is 23.0 Å². The summed E-state index contributed by atoms with van der Waals surface area (Å²) >= 11 is 3.30. The van der Waals surface area contributed by atoms with Crippen molar-refractivity contribution in [2.24, 2.45) is 0 Å². The van der Waals surface area contributed by atoms with Crippen LogP contribution < -0.4 is 10.1 Å². The number of aromatic nitrogens is 2. The summed E-state index contributed by atoms with van der Waals surface area (Å²) < 4.78 is 21.1. The number of rotatable bonds is 3. The van der Waals surface area contributed by atoms with Gasteiger partial charge in [-0.1, -0.05) is 15.9 Å². The van der Waals surface area contributed by atoms with E-state index in [0.717, 1.165) is 0 Å². The predicted octanol–water partition coefficient (Wildman–Crippen LogP) is 1.98. The third-order valence-corrected chi connectivity index (χ3v) is 4.07. The largest absolute Gasteiger partial charge is 0.407 e. The van der Waals surface area contributed by atoms with Gasteiger partial charge < -0.3 is 14.6 Å². The van der Waals surface area contributed by atoms with Crippen molar-refractivity contribution >= 4 is 28.3 Å². The fraction of sp³-hybridized carbons (Fsp3) is 0.214. The van der Waals surface area contributed by atoms with Crippen LogP contribution in [0.5, 0.6) is 5.88 Å². The predicted molar refractivity (Wildman–Crippen MR) is 77.8 cm³/mol. The first kappa shape index (κ1) is 14.7. The highest BCUT2D eigenvalue weighted by Gasteiger charge is 2.39. The molecule has 2 heterocycles. The molecule has 0 aliphatic carbocycles. The van der Waals surface area contributed by atoms with Gasteiger partial charge in [-0.3, -0.25) is 9.59 Å². The molecule has 1 N–H and O–H groups in total. The number of amides is 1. The lowest BCUT2D eigenvalue weighted by Gasteiger charge is -2.36. The van der Waals surface area contributed by atoms with E-state index < -0.39 is 17.3 Å². The van der Waals surface area contributed by atoms with Gasteiger partial charge in [0.15, 0.2) is 5.69 Å². The van der Waals surface area contributed by atoms with Crippen molar-refractivity contribution in [3.05, 3.63) is 46.1 Å². The van der Waals surface area contributed by atoms with Crippen LogP contribution in [0, 0.1) is 5.82 Å². The molecule has 1 atom stereocenters. The standard InChI is InChI=1S/C14H11BrFN3O3/c1-14(9-4-8(15)2-3-10(9)16)5-19-6-17-13(22-7-20)11(19)12(21)18-14/h2-4,6-7H,5H2,1H3,(H,18,21)/t14-/m0/s1. The van der Waals surface area contributed by atoms with Crippen LogP contribution in [0.3, 0.4) is 0 Å². The van der Waals surface area contributed by atoms with E-state index >= 15 is 0 Å². The van der Waals surface area contributed by atoms with Gasteiger partial charge in [-0.15, -0.1) is 0 Å². The Morgan fingerprint density at radius 2 is 2.32 bits per heavy atom. The first-order valence-electron chi connectivity index (χ1n) is 6.38. The highest BCUT2D eigenvalue weighted by molar-refractivity contribution is 9.10. The van der Waals surface area contributed by atoms with Gasteiger partial charge in [-0.2, -0.15) is 0 Å². The zero-order valence-electron chi connectivity index (χ0n) is 11.5. The minimum absolute atomic E-state index is 0.0655. The van der Waals surface area contributed by atoms with E-state index in [-0.39, 0.29) is 24.6 Å². The molecule has 1 aromatic carbocycles. The molecule has 8 heteroatoms. The van der Waals surface area contributed by atoms with E-state index in [9.17, 15) is 14.0 Å². The lowest BCUT2D eigenvalue weighted by Crippen LogP contribution is -2.51. The van der Waals surface area contributed by atoms with Crippen molar-refractivity contribution < 1.29 is 18.7 Å². The van der Waals surface area contributed by atoms with E-state index in [1.807, 2.05) is 0 Å². The molecule has 2 aromatic rings. The summed E-state index contributed by atoms with van der Waals surface area (Å²) in [5, 5.41) is 2.76. The first-order valence-corrected chi connectivity index (χ1v) is 7.17. The maximum absolute atomic E-state index is 14.2. The number of fused-ring (bicyclic) bond motifs is 1. The second-order valence-corrected chi connectivity index (χ2v) is 6.07. The Kier molecular flexibility index (Phi) is 3.48. The Labute approximate surface area is 133 Å². The van der Waals surface area contributed by atoms with E-state index in [1.54, 1.807) is 19.1 Å². The number of carbonyl (C=O) groups excluding carboxylic acids is 2. The minimum atomic E-state index is -0.947. The first-order chi connectivity index (χ1) is 10.4. The Hall–Kier alpha value is -2.22. The molecule has 1 aliphatic heterocycles. The quantitative estimate of drug-likeness (QED) is 0.841. The molecule has 0 unspecified atom stereocenters. The molecule has 22 heavy (non-hydrogen) atoms. The van der Waals surface area contributed by atoms with Crippen molar-refractivity contribution in [1.29, 1.82) is 0 Å². The van der Waals surface area contributed by atoms with E-state index in [0.29, 0.717) is 10.0 Å². The summed E-state index contributed by atoms with van der Waals surface area (Å²) in [6.07, 6.45) is 1.39. The van der Waals surface area contributed by atoms with Crippen molar-refractivity contribution in [2.75, 3.05) is 0 Å². The number of hydrogen-bond acceptors (Lipinski definition) is 4. The number of halogens is 2. The molecule has 0 spiro atoms. The smallest absolute Gasteiger partial charge is 0.299 e. The summed E-state index contributed by atoms with van der Waals surface area (Å²) in [6, 6.07) is 4.55. The van der Waals surface area contributed by atoms with Gasteiger partial charge in [0.2, 0.25) is 0 Å². The second-order valence-electron chi connectivity index (χ2n) is 5.15. The molecule has 114 valence electrons. The number of ether oxygens (including phenoxy) is 1. The van der Waals surface area contributed by atoms with Crippen molar-refractivity contribution in [3.8, 4) is 5.88 Å². The van der Waals surface area contributed by atoms with Gasteiger partial charge in [0, 0.05) is 10.0 Å². The topological polar surface area (TPSA) is 73.2 Å². The summed E-state index contributed by atoms with van der Waals surface area (Å²) in [5.41, 5.74) is -0.454. The summed E-state index contributed by atoms with van der Waals surface area (Å²) in [4.78, 5) is 26.6. The summed E-state index contributed by atoms with van der Waals surface area (Å²) in [5.74, 6) is -0.967. The van der Waals surface area contributed by atoms with Crippen LogP contribution in [-0.2, 0) is 16.9 Å². The summed E-state index contributed by atoms with van der Waals surface area (Å²) in [6.45, 7) is 2.19. The van der Waals surface area contributed by atoms with Crippen molar-refractivity contribution in [1.82, 2.24) is 14.9 Å². The average Bonchev–Trinajstić information content (AvgIpc) is 2.85. The van der Waals surface area contributed by atoms with Crippen LogP contribution in [-0.4, -0.2) is 21.9 Å². The Morgan fingerprint density at radius 3 is 3.05 bits per heavy atom. The SMILES string of the molecule is C[C@@]1(c2cc(Br)ccc2F)Cn2cnc(OC=O)c2C(=O)N1. The van der Waals surface area contributed by atoms with E-state index in [4.69, 9.17) is 0 Å². The molecule has 0 bridgehead atoms. The minimum Gasteiger partial charge on any atom is -0.407 e. The molecule has 6 nitrogen and oxygen atoms in total. The van der Waals surface area contributed by atoms with Gasteiger partial charge in [0.1, 0.15) is 5.82 Å². The molecule has 0 saturated carbocycles. The maximum Gasteiger partial charge on any atom is 0.299 e. The molecular formula is C14H11BrFN3O3. The van der Waals surface area contributed by atoms with Gasteiger partial charge in [0.25, 0.3) is 18.3 Å². The van der Waals surface area contributed by atoms with E-state index in [1.165, 1.54) is 17.0 Å². The zero-order chi connectivity index (χ0) is 15.9. The lowest BCUT2D eigenvalue weighted by molar-refractivity contribution is -0.120. The van der Waals surface area contributed by atoms with Crippen LogP contribution in [0.25, 0.3) is 0 Å².